The van der Waals surface area contributed by atoms with Crippen LogP contribution in [-0.4, -0.2) is 24.7 Å². The maximum Gasteiger partial charge on any atom is 0.259 e. The van der Waals surface area contributed by atoms with Gasteiger partial charge in [0, 0.05) is 18.7 Å². The Labute approximate surface area is 184 Å². The van der Waals surface area contributed by atoms with E-state index < -0.39 is 0 Å². The average molecular weight is 432 g/mol. The molecule has 1 atom stereocenters. The highest BCUT2D eigenvalue weighted by molar-refractivity contribution is 5.85. The molecule has 0 saturated heterocycles. The van der Waals surface area contributed by atoms with Crippen LogP contribution in [0, 0.1) is 13.8 Å². The van der Waals surface area contributed by atoms with Gasteiger partial charge in [-0.25, -0.2) is 9.97 Å². The summed E-state index contributed by atoms with van der Waals surface area (Å²) in [5.74, 6) is 1.42. The highest BCUT2D eigenvalue weighted by atomic mass is 16.4. The van der Waals surface area contributed by atoms with Crippen LogP contribution in [0.4, 0.5) is 11.6 Å². The molecule has 0 bridgehead atoms. The molecule has 9 heteroatoms. The van der Waals surface area contributed by atoms with Crippen molar-refractivity contribution in [2.24, 2.45) is 0 Å². The molecule has 0 aliphatic heterocycles. The Bertz CT molecular complexity index is 1370. The summed E-state index contributed by atoms with van der Waals surface area (Å²) >= 11 is 0. The second-order valence-electron chi connectivity index (χ2n) is 8.23. The summed E-state index contributed by atoms with van der Waals surface area (Å²) in [6.45, 7) is 5.77. The second kappa shape index (κ2) is 7.74. The number of nitrogen functional groups attached to an aromatic ring is 1. The fourth-order valence-electron chi connectivity index (χ4n) is 4.21. The van der Waals surface area contributed by atoms with E-state index in [1.807, 2.05) is 29.7 Å². The Balaban J connectivity index is 1.64. The van der Waals surface area contributed by atoms with Crippen molar-refractivity contribution in [1.82, 2.24) is 24.7 Å². The minimum absolute atomic E-state index is 0.0632. The van der Waals surface area contributed by atoms with Gasteiger partial charge in [0.2, 0.25) is 5.89 Å². The molecule has 3 heterocycles. The lowest BCUT2D eigenvalue weighted by molar-refractivity contribution is 0.532. The first kappa shape index (κ1) is 20.2. The van der Waals surface area contributed by atoms with E-state index in [2.05, 4.69) is 38.5 Å². The van der Waals surface area contributed by atoms with Crippen LogP contribution in [0.1, 0.15) is 55.4 Å². The first-order valence-corrected chi connectivity index (χ1v) is 10.8. The zero-order chi connectivity index (χ0) is 22.4. The number of rotatable bonds is 6. The van der Waals surface area contributed by atoms with Gasteiger partial charge in [0.15, 0.2) is 0 Å². The molecule has 1 saturated carbocycles. The second-order valence-corrected chi connectivity index (χ2v) is 8.23. The molecule has 0 amide bonds. The molecule has 1 aliphatic rings. The highest BCUT2D eigenvalue weighted by Crippen LogP contribution is 2.39. The third kappa shape index (κ3) is 3.39. The fraction of sp³-hybridized carbons (Fsp3) is 0.348. The molecule has 1 unspecified atom stereocenters. The number of nitrogens with two attached hydrogens (primary N) is 1. The van der Waals surface area contributed by atoms with E-state index in [0.29, 0.717) is 17.3 Å². The molecule has 9 nitrogen and oxygen atoms in total. The van der Waals surface area contributed by atoms with Crippen molar-refractivity contribution in [3.63, 3.8) is 0 Å². The van der Waals surface area contributed by atoms with Gasteiger partial charge < -0.3 is 20.0 Å². The van der Waals surface area contributed by atoms with E-state index in [1.165, 1.54) is 6.33 Å². The van der Waals surface area contributed by atoms with Crippen LogP contribution in [0.15, 0.2) is 39.8 Å². The van der Waals surface area contributed by atoms with Crippen molar-refractivity contribution in [3.05, 3.63) is 58.1 Å². The molecule has 1 aromatic carbocycles. The Morgan fingerprint density at radius 3 is 2.75 bits per heavy atom. The van der Waals surface area contributed by atoms with Crippen molar-refractivity contribution in [3.8, 4) is 11.5 Å². The van der Waals surface area contributed by atoms with E-state index in [-0.39, 0.29) is 29.4 Å². The van der Waals surface area contributed by atoms with Gasteiger partial charge >= 0.3 is 0 Å². The predicted molar refractivity (Wildman–Crippen MR) is 122 cm³/mol. The van der Waals surface area contributed by atoms with Crippen LogP contribution in [0.5, 0.6) is 0 Å². The SMILES string of the molecule is CCC(Nc1ncnc(N)c1-c1nnc(C)o1)c1cc2cccc(C)c2c(=O)n1C1CC1. The number of nitrogens with zero attached hydrogens (tertiary/aromatic N) is 5. The molecule has 3 aromatic heterocycles. The van der Waals surface area contributed by atoms with Crippen LogP contribution >= 0.6 is 0 Å². The topological polar surface area (TPSA) is 125 Å². The minimum atomic E-state index is -0.176. The quantitative estimate of drug-likeness (QED) is 0.470. The molecule has 32 heavy (non-hydrogen) atoms. The molecule has 1 fully saturated rings. The van der Waals surface area contributed by atoms with Gasteiger partial charge in [-0.2, -0.15) is 0 Å². The van der Waals surface area contributed by atoms with Crippen molar-refractivity contribution < 1.29 is 4.42 Å². The van der Waals surface area contributed by atoms with E-state index in [4.69, 9.17) is 10.2 Å². The number of pyridine rings is 1. The number of anilines is 2. The van der Waals surface area contributed by atoms with Gasteiger partial charge in [-0.15, -0.1) is 10.2 Å². The summed E-state index contributed by atoms with van der Waals surface area (Å²) in [5.41, 5.74) is 8.60. The molecule has 5 rings (SSSR count). The number of aryl methyl sites for hydroxylation is 2. The van der Waals surface area contributed by atoms with Crippen LogP contribution in [0.3, 0.4) is 0 Å². The van der Waals surface area contributed by atoms with Crippen molar-refractivity contribution in [1.29, 1.82) is 0 Å². The normalized spacial score (nSPS) is 14.6. The maximum absolute atomic E-state index is 13.5. The van der Waals surface area contributed by atoms with Crippen LogP contribution < -0.4 is 16.6 Å². The Kier molecular flexibility index (Phi) is 4.88. The highest BCUT2D eigenvalue weighted by Gasteiger charge is 2.30. The number of fused-ring (bicyclic) bond motifs is 1. The Hall–Kier alpha value is -3.75. The summed E-state index contributed by atoms with van der Waals surface area (Å²) in [6, 6.07) is 8.13. The summed E-state index contributed by atoms with van der Waals surface area (Å²) in [6.07, 6.45) is 4.14. The smallest absolute Gasteiger partial charge is 0.259 e. The zero-order valence-corrected chi connectivity index (χ0v) is 18.3. The van der Waals surface area contributed by atoms with Crippen LogP contribution in [0.2, 0.25) is 0 Å². The maximum atomic E-state index is 13.5. The molecular formula is C23H25N7O2. The molecule has 0 radical (unpaired) electrons. The fourth-order valence-corrected chi connectivity index (χ4v) is 4.21. The van der Waals surface area contributed by atoms with Crippen molar-refractivity contribution >= 4 is 22.4 Å². The van der Waals surface area contributed by atoms with Crippen LogP contribution in [0.25, 0.3) is 22.2 Å². The molecule has 164 valence electrons. The number of aromatic nitrogens is 5. The molecule has 4 aromatic rings. The first-order chi connectivity index (χ1) is 15.5. The van der Waals surface area contributed by atoms with Crippen LogP contribution in [-0.2, 0) is 0 Å². The van der Waals surface area contributed by atoms with Crippen molar-refractivity contribution in [2.45, 2.75) is 52.1 Å². The standard InChI is InChI=1S/C23H25N7O2/c1-4-16(27-21-19(20(24)25-11-26-21)22-29-28-13(3)32-22)17-10-14-7-5-6-12(2)18(14)23(31)30(17)15-8-9-15/h5-7,10-11,15-16H,4,8-9H2,1-3H3,(H3,24,25,26,27). The lowest BCUT2D eigenvalue weighted by Gasteiger charge is -2.24. The molecule has 3 N–H and O–H groups in total. The number of hydrogen-bond donors (Lipinski definition) is 2. The van der Waals surface area contributed by atoms with Gasteiger partial charge in [-0.1, -0.05) is 25.1 Å². The summed E-state index contributed by atoms with van der Waals surface area (Å²) in [5, 5.41) is 13.2. The largest absolute Gasteiger partial charge is 0.421 e. The summed E-state index contributed by atoms with van der Waals surface area (Å²) in [4.78, 5) is 22.0. The van der Waals surface area contributed by atoms with Gasteiger partial charge in [0.05, 0.1) is 11.4 Å². The average Bonchev–Trinajstić information content (AvgIpc) is 3.51. The predicted octanol–water partition coefficient (Wildman–Crippen LogP) is 3.94. The van der Waals surface area contributed by atoms with Gasteiger partial charge in [-0.3, -0.25) is 4.79 Å². The lowest BCUT2D eigenvalue weighted by atomic mass is 10.0. The third-order valence-corrected chi connectivity index (χ3v) is 5.92. The summed E-state index contributed by atoms with van der Waals surface area (Å²) < 4.78 is 7.55. The van der Waals surface area contributed by atoms with E-state index >= 15 is 0 Å². The van der Waals surface area contributed by atoms with Gasteiger partial charge in [-0.05, 0) is 43.2 Å². The number of nitrogens with one attached hydrogen (secondary N) is 1. The zero-order valence-electron chi connectivity index (χ0n) is 18.3. The first-order valence-electron chi connectivity index (χ1n) is 10.8. The van der Waals surface area contributed by atoms with E-state index in [0.717, 1.165) is 41.3 Å². The molecule has 1 aliphatic carbocycles. The Morgan fingerprint density at radius 1 is 1.25 bits per heavy atom. The molecular weight excluding hydrogens is 406 g/mol. The third-order valence-electron chi connectivity index (χ3n) is 5.92. The minimum Gasteiger partial charge on any atom is -0.421 e. The van der Waals surface area contributed by atoms with Gasteiger partial charge in [0.25, 0.3) is 11.4 Å². The summed E-state index contributed by atoms with van der Waals surface area (Å²) in [7, 11) is 0. The van der Waals surface area contributed by atoms with Crippen molar-refractivity contribution in [2.75, 3.05) is 11.1 Å². The Morgan fingerprint density at radius 2 is 2.06 bits per heavy atom. The van der Waals surface area contributed by atoms with E-state index in [1.54, 1.807) is 6.92 Å². The monoisotopic (exact) mass is 431 g/mol. The molecule has 0 spiro atoms. The van der Waals surface area contributed by atoms with Gasteiger partial charge in [0.1, 0.15) is 23.5 Å². The van der Waals surface area contributed by atoms with E-state index in [9.17, 15) is 4.79 Å². The number of benzene rings is 1. The number of hydrogen-bond acceptors (Lipinski definition) is 8. The lowest BCUT2D eigenvalue weighted by Crippen LogP contribution is -2.27.